The number of anilines is 2. The Kier molecular flexibility index (Phi) is 14.2. The Labute approximate surface area is 255 Å². The topological polar surface area (TPSA) is 100 Å². The van der Waals surface area contributed by atoms with Crippen molar-refractivity contribution in [2.24, 2.45) is 0 Å². The molecule has 0 amide bonds. The number of hydrazine groups is 2. The molecule has 0 fully saturated rings. The number of benzene rings is 3. The number of esters is 1. The van der Waals surface area contributed by atoms with Gasteiger partial charge in [0, 0.05) is 31.6 Å². The third kappa shape index (κ3) is 9.82. The molecule has 0 bridgehead atoms. The van der Waals surface area contributed by atoms with E-state index >= 15 is 0 Å². The number of aryl methyl sites for hydroxylation is 1. The zero-order valence-electron chi connectivity index (χ0n) is 26.3. The number of carbonyl (C=O) groups is 2. The average molecular weight is 589 g/mol. The Hall–Kier alpha value is -4.43. The second-order valence-corrected chi connectivity index (χ2v) is 10.3. The first kappa shape index (κ1) is 34.8. The molecule has 4 rings (SSSR count). The van der Waals surface area contributed by atoms with Crippen molar-refractivity contribution in [1.82, 2.24) is 10.4 Å². The van der Waals surface area contributed by atoms with E-state index in [-0.39, 0.29) is 18.3 Å². The third-order valence-electron chi connectivity index (χ3n) is 7.19. The van der Waals surface area contributed by atoms with Gasteiger partial charge in [0.1, 0.15) is 24.2 Å². The molecule has 0 radical (unpaired) electrons. The molecule has 1 heterocycles. The van der Waals surface area contributed by atoms with Gasteiger partial charge in [-0.25, -0.2) is 4.79 Å². The minimum atomic E-state index is -0.207. The number of rotatable bonds is 10. The lowest BCUT2D eigenvalue weighted by Gasteiger charge is -2.24. The van der Waals surface area contributed by atoms with Gasteiger partial charge in [-0.2, -0.15) is 0 Å². The van der Waals surface area contributed by atoms with Crippen molar-refractivity contribution < 1.29 is 23.9 Å². The van der Waals surface area contributed by atoms with Gasteiger partial charge in [-0.3, -0.25) is 14.7 Å². The van der Waals surface area contributed by atoms with E-state index in [1.165, 1.54) is 17.2 Å². The Bertz CT molecular complexity index is 1370. The first-order valence-electron chi connectivity index (χ1n) is 14.2. The highest BCUT2D eigenvalue weighted by atomic mass is 16.5. The van der Waals surface area contributed by atoms with Crippen molar-refractivity contribution in [1.29, 1.82) is 0 Å². The predicted octanol–water partition coefficient (Wildman–Crippen LogP) is 5.56. The molecular formula is C34H44N4O5. The van der Waals surface area contributed by atoms with Crippen molar-refractivity contribution in [3.05, 3.63) is 88.5 Å². The van der Waals surface area contributed by atoms with E-state index in [1.807, 2.05) is 62.2 Å². The molecule has 0 spiro atoms. The Balaban J connectivity index is 0.000000496. The van der Waals surface area contributed by atoms with E-state index < -0.39 is 0 Å². The van der Waals surface area contributed by atoms with Crippen LogP contribution in [0.1, 0.15) is 60.9 Å². The molecule has 1 atom stereocenters. The van der Waals surface area contributed by atoms with Gasteiger partial charge in [-0.15, -0.1) is 5.53 Å². The molecular weight excluding hydrogens is 544 g/mol. The van der Waals surface area contributed by atoms with Crippen LogP contribution in [0.3, 0.4) is 0 Å². The van der Waals surface area contributed by atoms with Gasteiger partial charge in [0.25, 0.3) is 0 Å². The van der Waals surface area contributed by atoms with Gasteiger partial charge in [-0.1, -0.05) is 48.5 Å². The van der Waals surface area contributed by atoms with Crippen LogP contribution in [0.5, 0.6) is 5.75 Å². The van der Waals surface area contributed by atoms with E-state index in [0.717, 1.165) is 40.4 Å². The molecule has 9 heteroatoms. The monoisotopic (exact) mass is 588 g/mol. The summed E-state index contributed by atoms with van der Waals surface area (Å²) < 4.78 is 11.0. The molecule has 1 aliphatic rings. The van der Waals surface area contributed by atoms with Crippen LogP contribution in [-0.2, 0) is 25.7 Å². The first-order valence-corrected chi connectivity index (χ1v) is 14.2. The number of ether oxygens (including phenoxy) is 2. The number of hydrogen-bond donors (Lipinski definition) is 2. The fraction of sp³-hybridized carbons (Fsp3) is 0.353. The van der Waals surface area contributed by atoms with Gasteiger partial charge >= 0.3 is 5.97 Å². The Morgan fingerprint density at radius 1 is 1.09 bits per heavy atom. The maximum atomic E-state index is 12.6. The van der Waals surface area contributed by atoms with Gasteiger partial charge in [0.2, 0.25) is 0 Å². The molecule has 9 nitrogen and oxygen atoms in total. The van der Waals surface area contributed by atoms with Crippen molar-refractivity contribution in [3.8, 4) is 5.75 Å². The number of hydrogen-bond acceptors (Lipinski definition) is 9. The van der Waals surface area contributed by atoms with Gasteiger partial charge in [0.15, 0.2) is 0 Å². The summed E-state index contributed by atoms with van der Waals surface area (Å²) in [6, 6.07) is 20.4. The number of carbonyl (C=O) groups excluding carboxylic acids is 3. The quantitative estimate of drug-likeness (QED) is 0.233. The molecule has 230 valence electrons. The summed E-state index contributed by atoms with van der Waals surface area (Å²) in [6.07, 6.45) is 1.67. The minimum absolute atomic E-state index is 0.148. The summed E-state index contributed by atoms with van der Waals surface area (Å²) in [6.45, 7) is 11.6. The van der Waals surface area contributed by atoms with Gasteiger partial charge in [-0.05, 0) is 74.7 Å². The Morgan fingerprint density at radius 3 is 2.40 bits per heavy atom. The summed E-state index contributed by atoms with van der Waals surface area (Å²) >= 11 is 0. The normalized spacial score (nSPS) is 12.1. The molecule has 0 saturated carbocycles. The summed E-state index contributed by atoms with van der Waals surface area (Å²) in [5.74, 6) is 2.10. The number of fused-ring (bicyclic) bond motifs is 1. The molecule has 0 saturated heterocycles. The second kappa shape index (κ2) is 17.5. The van der Waals surface area contributed by atoms with Crippen LogP contribution in [0.25, 0.3) is 6.08 Å². The van der Waals surface area contributed by atoms with Crippen LogP contribution in [-0.4, -0.2) is 57.5 Å². The highest BCUT2D eigenvalue weighted by Crippen LogP contribution is 2.42. The largest absolute Gasteiger partial charge is 0.494 e. The van der Waals surface area contributed by atoms with Crippen molar-refractivity contribution in [3.63, 3.8) is 0 Å². The molecule has 0 aliphatic carbocycles. The van der Waals surface area contributed by atoms with Crippen LogP contribution in [0.4, 0.5) is 11.4 Å². The molecule has 3 aromatic rings. The molecule has 2 N–H and O–H groups in total. The van der Waals surface area contributed by atoms with Crippen LogP contribution in [0.2, 0.25) is 0 Å². The van der Waals surface area contributed by atoms with Gasteiger partial charge in [0.05, 0.1) is 25.8 Å². The lowest BCUT2D eigenvalue weighted by molar-refractivity contribution is -0.143. The SMILES string of the molecule is C=O.CCOC(=O)CC(c1ccc(C)c(CN(C)C(C)C)c1)c1cc2c(c(OC)c1)N(C)NN2.O=C=Cc1ccccc1. The first-order chi connectivity index (χ1) is 20.7. The van der Waals surface area contributed by atoms with E-state index in [2.05, 4.69) is 67.9 Å². The lowest BCUT2D eigenvalue weighted by atomic mass is 9.86. The van der Waals surface area contributed by atoms with Crippen molar-refractivity contribution >= 4 is 36.2 Å². The van der Waals surface area contributed by atoms with E-state index in [4.69, 9.17) is 14.3 Å². The van der Waals surface area contributed by atoms with Crippen LogP contribution < -0.4 is 20.7 Å². The van der Waals surface area contributed by atoms with E-state index in [0.29, 0.717) is 12.6 Å². The van der Waals surface area contributed by atoms with Crippen LogP contribution in [0.15, 0.2) is 60.7 Å². The molecule has 1 unspecified atom stereocenters. The molecule has 0 aromatic heterocycles. The highest BCUT2D eigenvalue weighted by molar-refractivity contribution is 5.81. The summed E-state index contributed by atoms with van der Waals surface area (Å²) in [7, 11) is 5.72. The van der Waals surface area contributed by atoms with Crippen molar-refractivity contribution in [2.75, 3.05) is 38.2 Å². The minimum Gasteiger partial charge on any atom is -0.494 e. The van der Waals surface area contributed by atoms with Gasteiger partial charge < -0.3 is 19.7 Å². The summed E-state index contributed by atoms with van der Waals surface area (Å²) in [5, 5.41) is 1.88. The van der Waals surface area contributed by atoms with Crippen LogP contribution >= 0.6 is 0 Å². The smallest absolute Gasteiger partial charge is 0.306 e. The summed E-state index contributed by atoms with van der Waals surface area (Å²) in [4.78, 5) is 32.7. The zero-order chi connectivity index (χ0) is 31.9. The zero-order valence-corrected chi connectivity index (χ0v) is 26.3. The molecule has 1 aliphatic heterocycles. The maximum absolute atomic E-state index is 12.6. The highest BCUT2D eigenvalue weighted by Gasteiger charge is 2.26. The molecule has 3 aromatic carbocycles. The number of nitrogens with one attached hydrogen (secondary N) is 2. The third-order valence-corrected chi connectivity index (χ3v) is 7.19. The fourth-order valence-corrected chi connectivity index (χ4v) is 4.59. The van der Waals surface area contributed by atoms with Crippen molar-refractivity contribution in [2.45, 2.75) is 52.6 Å². The average Bonchev–Trinajstić information content (AvgIpc) is 3.39. The van der Waals surface area contributed by atoms with E-state index in [9.17, 15) is 9.59 Å². The standard InChI is InChI=1S/C25H36N4O3.C8H6O.CH2O/c1-8-32-24(30)14-21(18-10-9-17(4)20(11-18)15-28(5)16(2)3)19-12-22-25(23(13-19)31-7)29(6)27-26-22;9-7-6-8-4-2-1-3-5-8;1-2/h9-13,16,21,26-27H,8,14-15H2,1-7H3;1-6H;1H2. The second-order valence-electron chi connectivity index (χ2n) is 10.3. The Morgan fingerprint density at radius 2 is 1.79 bits per heavy atom. The summed E-state index contributed by atoms with van der Waals surface area (Å²) in [5.41, 5.74) is 13.6. The predicted molar refractivity (Wildman–Crippen MR) is 173 cm³/mol. The maximum Gasteiger partial charge on any atom is 0.306 e. The van der Waals surface area contributed by atoms with Crippen LogP contribution in [0, 0.1) is 6.92 Å². The lowest BCUT2D eigenvalue weighted by Crippen LogP contribution is -2.31. The van der Waals surface area contributed by atoms with E-state index in [1.54, 1.807) is 13.1 Å². The number of methoxy groups -OCH3 is 1. The fourth-order valence-electron chi connectivity index (χ4n) is 4.59. The molecule has 43 heavy (non-hydrogen) atoms. The number of nitrogens with zero attached hydrogens (tertiary/aromatic N) is 2.